The number of benzene rings is 1. The summed E-state index contributed by atoms with van der Waals surface area (Å²) in [5.74, 6) is 1.82. The van der Waals surface area contributed by atoms with E-state index in [-0.39, 0.29) is 17.9 Å². The molecule has 1 saturated carbocycles. The summed E-state index contributed by atoms with van der Waals surface area (Å²) in [5.41, 5.74) is 1.71. The molecule has 1 N–H and O–H groups in total. The fraction of sp³-hybridized carbons (Fsp3) is 0.444. The first-order valence-electron chi connectivity index (χ1n) is 8.35. The molecule has 0 spiro atoms. The van der Waals surface area contributed by atoms with Gasteiger partial charge in [-0.05, 0) is 24.8 Å². The summed E-state index contributed by atoms with van der Waals surface area (Å²) < 4.78 is 1.97. The Labute approximate surface area is 145 Å². The average molecular weight is 343 g/mol. The smallest absolute Gasteiger partial charge is 0.257 e. The molecule has 1 atom stereocenters. The van der Waals surface area contributed by atoms with Crippen LogP contribution in [0.25, 0.3) is 10.9 Å². The summed E-state index contributed by atoms with van der Waals surface area (Å²) >= 11 is 1.64. The first kappa shape index (κ1) is 15.6. The molecule has 2 fully saturated rings. The van der Waals surface area contributed by atoms with Gasteiger partial charge in [0.1, 0.15) is 6.04 Å². The molecular formula is C18H21N3O2S. The summed E-state index contributed by atoms with van der Waals surface area (Å²) in [6.45, 7) is 0.746. The number of amides is 2. The Morgan fingerprint density at radius 1 is 1.29 bits per heavy atom. The van der Waals surface area contributed by atoms with Crippen LogP contribution < -0.4 is 5.32 Å². The number of nitrogens with one attached hydrogen (secondary N) is 1. The highest BCUT2D eigenvalue weighted by Gasteiger charge is 2.36. The van der Waals surface area contributed by atoms with E-state index in [0.29, 0.717) is 23.1 Å². The van der Waals surface area contributed by atoms with Gasteiger partial charge in [-0.3, -0.25) is 9.59 Å². The molecule has 2 heterocycles. The number of rotatable bonds is 4. The van der Waals surface area contributed by atoms with Crippen LogP contribution >= 0.6 is 11.8 Å². The molecule has 1 aliphatic carbocycles. The van der Waals surface area contributed by atoms with E-state index in [0.717, 1.165) is 17.4 Å². The Bertz CT molecular complexity index is 797. The van der Waals surface area contributed by atoms with Crippen LogP contribution in [0.1, 0.15) is 23.2 Å². The third kappa shape index (κ3) is 2.79. The zero-order chi connectivity index (χ0) is 16.7. The van der Waals surface area contributed by atoms with E-state index in [1.165, 1.54) is 12.8 Å². The number of thioether (sulfide) groups is 1. The summed E-state index contributed by atoms with van der Waals surface area (Å²) in [6.07, 6.45) is 4.28. The molecule has 0 bridgehead atoms. The molecule has 24 heavy (non-hydrogen) atoms. The molecule has 2 amide bonds. The van der Waals surface area contributed by atoms with Crippen molar-refractivity contribution in [1.29, 1.82) is 0 Å². The highest BCUT2D eigenvalue weighted by atomic mass is 32.2. The van der Waals surface area contributed by atoms with Crippen molar-refractivity contribution in [1.82, 2.24) is 14.8 Å². The van der Waals surface area contributed by atoms with E-state index < -0.39 is 0 Å². The van der Waals surface area contributed by atoms with Crippen molar-refractivity contribution >= 4 is 34.5 Å². The molecule has 0 radical (unpaired) electrons. The van der Waals surface area contributed by atoms with E-state index in [2.05, 4.69) is 5.32 Å². The van der Waals surface area contributed by atoms with Crippen molar-refractivity contribution in [3.05, 3.63) is 36.0 Å². The predicted octanol–water partition coefficient (Wildman–Crippen LogP) is 2.22. The number of fused-ring (bicyclic) bond motifs is 1. The number of aromatic nitrogens is 1. The van der Waals surface area contributed by atoms with Crippen molar-refractivity contribution in [2.24, 2.45) is 13.0 Å². The lowest BCUT2D eigenvalue weighted by atomic mass is 10.1. The SMILES string of the molecule is Cn1cc(C(=O)N2CSC[C@H]2C(=O)NCC2CC2)c2ccccc21. The van der Waals surface area contributed by atoms with Gasteiger partial charge >= 0.3 is 0 Å². The summed E-state index contributed by atoms with van der Waals surface area (Å²) in [5, 5.41) is 3.96. The third-order valence-corrected chi connectivity index (χ3v) is 5.85. The van der Waals surface area contributed by atoms with E-state index >= 15 is 0 Å². The van der Waals surface area contributed by atoms with Crippen molar-refractivity contribution < 1.29 is 9.59 Å². The molecule has 1 aliphatic heterocycles. The molecule has 0 unspecified atom stereocenters. The molecule has 1 saturated heterocycles. The highest BCUT2D eigenvalue weighted by molar-refractivity contribution is 7.99. The Morgan fingerprint density at radius 2 is 2.08 bits per heavy atom. The lowest BCUT2D eigenvalue weighted by molar-refractivity contribution is -0.124. The summed E-state index contributed by atoms with van der Waals surface area (Å²) in [6, 6.07) is 7.52. The fourth-order valence-electron chi connectivity index (χ4n) is 3.21. The summed E-state index contributed by atoms with van der Waals surface area (Å²) in [7, 11) is 1.94. The normalized spacial score (nSPS) is 20.5. The minimum Gasteiger partial charge on any atom is -0.354 e. The molecule has 1 aromatic carbocycles. The Morgan fingerprint density at radius 3 is 2.88 bits per heavy atom. The van der Waals surface area contributed by atoms with Gasteiger partial charge in [0, 0.05) is 36.4 Å². The maximum Gasteiger partial charge on any atom is 0.257 e. The number of hydrogen-bond donors (Lipinski definition) is 1. The number of para-hydroxylation sites is 1. The third-order valence-electron chi connectivity index (χ3n) is 4.84. The lowest BCUT2D eigenvalue weighted by Crippen LogP contribution is -2.47. The molecule has 2 aliphatic rings. The van der Waals surface area contributed by atoms with Crippen LogP contribution in [-0.4, -0.2) is 45.5 Å². The van der Waals surface area contributed by atoms with Gasteiger partial charge in [-0.25, -0.2) is 0 Å². The zero-order valence-electron chi connectivity index (χ0n) is 13.7. The van der Waals surface area contributed by atoms with Crippen molar-refractivity contribution in [3.8, 4) is 0 Å². The average Bonchev–Trinajstić information content (AvgIpc) is 3.19. The van der Waals surface area contributed by atoms with Crippen molar-refractivity contribution in [2.75, 3.05) is 18.2 Å². The zero-order valence-corrected chi connectivity index (χ0v) is 14.5. The quantitative estimate of drug-likeness (QED) is 0.926. The van der Waals surface area contributed by atoms with E-state index in [9.17, 15) is 9.59 Å². The maximum atomic E-state index is 13.1. The highest BCUT2D eigenvalue weighted by Crippen LogP contribution is 2.29. The maximum absolute atomic E-state index is 13.1. The Balaban J connectivity index is 1.56. The van der Waals surface area contributed by atoms with Gasteiger partial charge in [-0.15, -0.1) is 11.8 Å². The van der Waals surface area contributed by atoms with Gasteiger partial charge < -0.3 is 14.8 Å². The molecule has 6 heteroatoms. The minimum absolute atomic E-state index is 0.0134. The number of carbonyl (C=O) groups is 2. The van der Waals surface area contributed by atoms with Gasteiger partial charge in [0.05, 0.1) is 11.4 Å². The first-order valence-corrected chi connectivity index (χ1v) is 9.51. The topological polar surface area (TPSA) is 54.3 Å². The van der Waals surface area contributed by atoms with Crippen LogP contribution in [0.15, 0.2) is 30.5 Å². The predicted molar refractivity (Wildman–Crippen MR) is 95.9 cm³/mol. The summed E-state index contributed by atoms with van der Waals surface area (Å²) in [4.78, 5) is 27.2. The van der Waals surface area contributed by atoms with Crippen LogP contribution in [0, 0.1) is 5.92 Å². The van der Waals surface area contributed by atoms with Gasteiger partial charge in [0.2, 0.25) is 5.91 Å². The molecular weight excluding hydrogens is 322 g/mol. The van der Waals surface area contributed by atoms with Crippen LogP contribution in [0.3, 0.4) is 0 Å². The molecule has 126 valence electrons. The first-order chi connectivity index (χ1) is 11.6. The van der Waals surface area contributed by atoms with Crippen LogP contribution in [0.4, 0.5) is 0 Å². The van der Waals surface area contributed by atoms with Crippen LogP contribution in [0.5, 0.6) is 0 Å². The molecule has 4 rings (SSSR count). The Hall–Kier alpha value is -1.95. The molecule has 2 aromatic rings. The lowest BCUT2D eigenvalue weighted by Gasteiger charge is -2.23. The van der Waals surface area contributed by atoms with Crippen molar-refractivity contribution in [3.63, 3.8) is 0 Å². The monoisotopic (exact) mass is 343 g/mol. The Kier molecular flexibility index (Phi) is 4.00. The fourth-order valence-corrected chi connectivity index (χ4v) is 4.37. The van der Waals surface area contributed by atoms with Crippen LogP contribution in [0.2, 0.25) is 0 Å². The minimum atomic E-state index is -0.361. The number of nitrogens with zero attached hydrogens (tertiary/aromatic N) is 2. The van der Waals surface area contributed by atoms with Crippen molar-refractivity contribution in [2.45, 2.75) is 18.9 Å². The van der Waals surface area contributed by atoms with E-state index in [4.69, 9.17) is 0 Å². The van der Waals surface area contributed by atoms with Crippen LogP contribution in [-0.2, 0) is 11.8 Å². The second kappa shape index (κ2) is 6.16. The number of carbonyl (C=O) groups excluding carboxylic acids is 2. The van der Waals surface area contributed by atoms with Gasteiger partial charge in [0.15, 0.2) is 0 Å². The number of hydrogen-bond acceptors (Lipinski definition) is 3. The molecule has 5 nitrogen and oxygen atoms in total. The number of aryl methyl sites for hydroxylation is 1. The standard InChI is InChI=1S/C18H21N3O2S/c1-20-9-14(13-4-2-3-5-15(13)20)18(23)21-11-24-10-16(21)17(22)19-8-12-6-7-12/h2-5,9,12,16H,6-8,10-11H2,1H3,(H,19,22)/t16-/m0/s1. The molecule has 1 aromatic heterocycles. The second-order valence-electron chi connectivity index (χ2n) is 6.65. The second-order valence-corrected chi connectivity index (χ2v) is 7.65. The van der Waals surface area contributed by atoms with E-state index in [1.807, 2.05) is 42.1 Å². The van der Waals surface area contributed by atoms with E-state index in [1.54, 1.807) is 16.7 Å². The van der Waals surface area contributed by atoms with Gasteiger partial charge in [0.25, 0.3) is 5.91 Å². The van der Waals surface area contributed by atoms with Gasteiger partial charge in [-0.1, -0.05) is 18.2 Å². The van der Waals surface area contributed by atoms with Gasteiger partial charge in [-0.2, -0.15) is 0 Å². The largest absolute Gasteiger partial charge is 0.354 e.